The second kappa shape index (κ2) is 14.8. The van der Waals surface area contributed by atoms with Crippen molar-refractivity contribution in [2.24, 2.45) is 0 Å². The maximum Gasteiger partial charge on any atom is 0.188 e. The van der Waals surface area contributed by atoms with E-state index in [9.17, 15) is 0 Å². The van der Waals surface area contributed by atoms with Crippen LogP contribution in [0.1, 0.15) is 22.3 Å². The van der Waals surface area contributed by atoms with E-state index in [1.807, 2.05) is 36.7 Å². The molecule has 0 amide bonds. The molecule has 5 aromatic heterocycles. The minimum absolute atomic E-state index is 0.616. The molecule has 9 aromatic carbocycles. The summed E-state index contributed by atoms with van der Waals surface area (Å²) < 4.78 is 14.2. The van der Waals surface area contributed by atoms with E-state index in [-0.39, 0.29) is 0 Å². The van der Waals surface area contributed by atoms with Crippen LogP contribution in [-0.4, -0.2) is 23.7 Å². The molecule has 0 atom stereocenters. The largest absolute Gasteiger partial charge is 0.457 e. The van der Waals surface area contributed by atoms with E-state index >= 15 is 0 Å². The van der Waals surface area contributed by atoms with Gasteiger partial charge in [-0.3, -0.25) is 9.97 Å². The van der Waals surface area contributed by atoms with Crippen LogP contribution < -0.4 is 4.74 Å². The van der Waals surface area contributed by atoms with Crippen LogP contribution in [0.15, 0.2) is 231 Å². The molecule has 0 saturated heterocycles. The smallest absolute Gasteiger partial charge is 0.188 e. The number of benzene rings is 9. The van der Waals surface area contributed by atoms with Gasteiger partial charge >= 0.3 is 0 Å². The number of aromatic nitrogens is 5. The van der Waals surface area contributed by atoms with Crippen LogP contribution in [0.3, 0.4) is 0 Å². The van der Waals surface area contributed by atoms with E-state index in [1.54, 1.807) is 0 Å². The fraction of sp³-hybridized carbons (Fsp3) is 0.0152. The predicted octanol–water partition coefficient (Wildman–Crippen LogP) is 16.5. The molecule has 0 radical (unpaired) electrons. The Morgan fingerprint density at radius 3 is 1.42 bits per heavy atom. The number of hydrogen-bond donors (Lipinski definition) is 0. The van der Waals surface area contributed by atoms with E-state index < -0.39 is 5.41 Å². The number of ether oxygens (including phenoxy) is 1. The average Bonchev–Trinajstić information content (AvgIpc) is 4.17. The highest BCUT2D eigenvalue weighted by Crippen LogP contribution is 2.62. The molecular formula is C66H38N6O. The molecule has 73 heavy (non-hydrogen) atoms. The van der Waals surface area contributed by atoms with Crippen molar-refractivity contribution in [1.82, 2.24) is 23.7 Å². The van der Waals surface area contributed by atoms with Gasteiger partial charge in [-0.1, -0.05) is 115 Å². The molecule has 16 rings (SSSR count). The van der Waals surface area contributed by atoms with Gasteiger partial charge in [-0.05, 0) is 131 Å². The standard InChI is InChI=1S/C66H38N6O/c1-67-42-28-31-58-49(38-42)47-17-4-6-20-54(47)70(58)43-29-33-63-53(39-43)66(50-18-12-34-68-64(50)65-51(66)19-13-35-69-65)52-37-41(27-32-62(52)73-63)40-26-30-59-48(36-40)46-16-5-9-23-57(46)72(59)61-25-11-10-24-60(61)71-55-21-7-2-14-44(55)45-15-3-8-22-56(45)71/h2-39H. The first-order valence-corrected chi connectivity index (χ1v) is 24.6. The summed E-state index contributed by atoms with van der Waals surface area (Å²) >= 11 is 0. The molecule has 6 heterocycles. The number of hydrogen-bond acceptors (Lipinski definition) is 3. The highest BCUT2D eigenvalue weighted by molar-refractivity contribution is 6.13. The summed E-state index contributed by atoms with van der Waals surface area (Å²) in [4.78, 5) is 13.9. The minimum Gasteiger partial charge on any atom is -0.457 e. The summed E-state index contributed by atoms with van der Waals surface area (Å²) in [6, 6.07) is 78.1. The summed E-state index contributed by atoms with van der Waals surface area (Å²) in [6.07, 6.45) is 3.74. The highest BCUT2D eigenvalue weighted by Gasteiger charge is 2.52. The number of para-hydroxylation sites is 6. The van der Waals surface area contributed by atoms with Gasteiger partial charge in [-0.25, -0.2) is 4.85 Å². The summed E-state index contributed by atoms with van der Waals surface area (Å²) in [5, 5.41) is 6.96. The molecule has 14 aromatic rings. The van der Waals surface area contributed by atoms with Crippen LogP contribution >= 0.6 is 0 Å². The Morgan fingerprint density at radius 1 is 0.370 bits per heavy atom. The first-order valence-electron chi connectivity index (χ1n) is 24.6. The Kier molecular flexibility index (Phi) is 8.04. The third kappa shape index (κ3) is 5.30. The second-order valence-corrected chi connectivity index (χ2v) is 19.2. The van der Waals surface area contributed by atoms with Crippen LogP contribution in [0.4, 0.5) is 5.69 Å². The summed E-state index contributed by atoms with van der Waals surface area (Å²) in [7, 11) is 0. The number of rotatable bonds is 4. The van der Waals surface area contributed by atoms with E-state index in [4.69, 9.17) is 21.3 Å². The van der Waals surface area contributed by atoms with Gasteiger partial charge in [0.2, 0.25) is 0 Å². The van der Waals surface area contributed by atoms with E-state index in [2.05, 4.69) is 213 Å². The van der Waals surface area contributed by atoms with Gasteiger partial charge in [-0.2, -0.15) is 0 Å². The van der Waals surface area contributed by atoms with Crippen LogP contribution in [0.5, 0.6) is 11.5 Å². The summed E-state index contributed by atoms with van der Waals surface area (Å²) in [6.45, 7) is 7.81. The quantitative estimate of drug-likeness (QED) is 0.165. The van der Waals surface area contributed by atoms with E-state index in [1.165, 1.54) is 32.6 Å². The lowest BCUT2D eigenvalue weighted by Gasteiger charge is -2.39. The molecule has 0 N–H and O–H groups in total. The lowest BCUT2D eigenvalue weighted by atomic mass is 9.66. The molecule has 1 spiro atoms. The van der Waals surface area contributed by atoms with Crippen LogP contribution in [0, 0.1) is 6.57 Å². The number of nitrogens with zero attached hydrogens (tertiary/aromatic N) is 6. The fourth-order valence-corrected chi connectivity index (χ4v) is 12.7. The van der Waals surface area contributed by atoms with Crippen molar-refractivity contribution in [1.29, 1.82) is 0 Å². The highest BCUT2D eigenvalue weighted by atomic mass is 16.5. The zero-order chi connectivity index (χ0) is 47.9. The van der Waals surface area contributed by atoms with Crippen molar-refractivity contribution in [2.45, 2.75) is 5.41 Å². The van der Waals surface area contributed by atoms with Gasteiger partial charge in [0.15, 0.2) is 5.69 Å². The van der Waals surface area contributed by atoms with Crippen LogP contribution in [0.25, 0.3) is 110 Å². The van der Waals surface area contributed by atoms with Gasteiger partial charge in [0, 0.05) is 56.1 Å². The fourth-order valence-electron chi connectivity index (χ4n) is 12.7. The Labute approximate surface area is 418 Å². The molecule has 0 fully saturated rings. The maximum atomic E-state index is 7.81. The molecule has 0 unspecified atom stereocenters. The number of pyridine rings is 2. The van der Waals surface area contributed by atoms with Gasteiger partial charge in [-0.15, -0.1) is 0 Å². The van der Waals surface area contributed by atoms with Crippen molar-refractivity contribution in [3.63, 3.8) is 0 Å². The van der Waals surface area contributed by atoms with Gasteiger partial charge in [0.1, 0.15) is 11.5 Å². The Hall–Kier alpha value is -10.0. The van der Waals surface area contributed by atoms with Crippen molar-refractivity contribution in [2.75, 3.05) is 0 Å². The molecule has 7 nitrogen and oxygen atoms in total. The van der Waals surface area contributed by atoms with Crippen molar-refractivity contribution in [3.8, 4) is 51.1 Å². The SMILES string of the molecule is [C-]#[N+]c1ccc2c(c1)c1ccccc1n2-c1ccc2c(c1)C1(c3cc(-c4ccc5c(c4)c4ccccc4n5-c4ccccc4-n4c5ccccc5c5ccccc54)ccc3O2)c2cccnc2-c2ncccc21. The molecule has 7 heteroatoms. The monoisotopic (exact) mass is 930 g/mol. The molecule has 1 aliphatic heterocycles. The lowest BCUT2D eigenvalue weighted by molar-refractivity contribution is 0.436. The molecule has 1 aliphatic carbocycles. The van der Waals surface area contributed by atoms with Gasteiger partial charge in [0.05, 0.1) is 67.8 Å². The van der Waals surface area contributed by atoms with Crippen molar-refractivity contribution >= 4 is 71.1 Å². The second-order valence-electron chi connectivity index (χ2n) is 19.2. The topological polar surface area (TPSA) is 54.2 Å². The Morgan fingerprint density at radius 2 is 0.822 bits per heavy atom. The molecule has 0 saturated carbocycles. The molecule has 0 bridgehead atoms. The molecule has 338 valence electrons. The third-order valence-electron chi connectivity index (χ3n) is 15.6. The third-order valence-corrected chi connectivity index (χ3v) is 15.6. The normalized spacial score (nSPS) is 13.1. The number of fused-ring (bicyclic) bond motifs is 18. The first-order chi connectivity index (χ1) is 36.2. The summed E-state index contributed by atoms with van der Waals surface area (Å²) in [5.41, 5.74) is 17.8. The predicted molar refractivity (Wildman–Crippen MR) is 294 cm³/mol. The lowest BCUT2D eigenvalue weighted by Crippen LogP contribution is -2.32. The van der Waals surface area contributed by atoms with Crippen LogP contribution in [0.2, 0.25) is 0 Å². The summed E-state index contributed by atoms with van der Waals surface area (Å²) in [5.74, 6) is 1.57. The Bertz CT molecular complexity index is 4660. The van der Waals surface area contributed by atoms with Gasteiger partial charge < -0.3 is 18.4 Å². The first kappa shape index (κ1) is 39.8. The molecule has 2 aliphatic rings. The zero-order valence-corrected chi connectivity index (χ0v) is 39.0. The van der Waals surface area contributed by atoms with E-state index in [0.717, 1.165) is 106 Å². The van der Waals surface area contributed by atoms with Crippen molar-refractivity contribution < 1.29 is 4.74 Å². The van der Waals surface area contributed by atoms with E-state index in [0.29, 0.717) is 5.69 Å². The maximum absolute atomic E-state index is 7.81. The minimum atomic E-state index is -0.825. The zero-order valence-electron chi connectivity index (χ0n) is 39.0. The Balaban J connectivity index is 0.910. The van der Waals surface area contributed by atoms with Gasteiger partial charge in [0.25, 0.3) is 0 Å². The molecular weight excluding hydrogens is 893 g/mol. The van der Waals surface area contributed by atoms with Crippen LogP contribution in [-0.2, 0) is 5.41 Å². The van der Waals surface area contributed by atoms with Crippen molar-refractivity contribution in [3.05, 3.63) is 264 Å². The average molecular weight is 931 g/mol.